The number of alkyl halides is 3. The average molecular weight is 420 g/mol. The molecular formula is C17H19F3N2O5S. The predicted molar refractivity (Wildman–Crippen MR) is 91.2 cm³/mol. The number of hydrogen-bond donors (Lipinski definition) is 0. The third-order valence-corrected chi connectivity index (χ3v) is 6.01. The maximum absolute atomic E-state index is 13.5. The smallest absolute Gasteiger partial charge is 0.416 e. The second kappa shape index (κ2) is 7.26. The van der Waals surface area contributed by atoms with Gasteiger partial charge in [0.25, 0.3) is 0 Å². The van der Waals surface area contributed by atoms with Gasteiger partial charge in [-0.05, 0) is 24.1 Å². The van der Waals surface area contributed by atoms with Gasteiger partial charge in [0, 0.05) is 25.8 Å². The Morgan fingerprint density at radius 2 is 2.00 bits per heavy atom. The van der Waals surface area contributed by atoms with Crippen LogP contribution in [-0.4, -0.2) is 62.7 Å². The standard InChI is InChI=1S/C17H19F3N2O5S/c1-28(25,26)11-2-3-12(13(10-11)17(18,19)20)14-4-7-22(14)15(23)5-6-21-8-9-27-16(21)24/h2-3,10,14H,4-9H2,1H3. The van der Waals surface area contributed by atoms with Crippen LogP contribution in [0.4, 0.5) is 18.0 Å². The molecule has 1 aromatic rings. The van der Waals surface area contributed by atoms with Gasteiger partial charge in [-0.1, -0.05) is 6.07 Å². The van der Waals surface area contributed by atoms with E-state index in [2.05, 4.69) is 0 Å². The molecule has 0 aromatic heterocycles. The van der Waals surface area contributed by atoms with Crippen molar-refractivity contribution in [1.82, 2.24) is 9.80 Å². The van der Waals surface area contributed by atoms with Crippen LogP contribution in [0.5, 0.6) is 0 Å². The Morgan fingerprint density at radius 3 is 2.50 bits per heavy atom. The molecule has 1 atom stereocenters. The Morgan fingerprint density at radius 1 is 1.29 bits per heavy atom. The van der Waals surface area contributed by atoms with E-state index in [1.165, 1.54) is 9.80 Å². The Balaban J connectivity index is 1.79. The van der Waals surface area contributed by atoms with Crippen LogP contribution in [0.1, 0.15) is 30.0 Å². The highest BCUT2D eigenvalue weighted by molar-refractivity contribution is 7.90. The van der Waals surface area contributed by atoms with Gasteiger partial charge < -0.3 is 14.5 Å². The lowest BCUT2D eigenvalue weighted by atomic mass is 9.90. The van der Waals surface area contributed by atoms with E-state index >= 15 is 0 Å². The summed E-state index contributed by atoms with van der Waals surface area (Å²) >= 11 is 0. The first-order valence-electron chi connectivity index (χ1n) is 8.61. The van der Waals surface area contributed by atoms with E-state index in [0.717, 1.165) is 18.4 Å². The molecule has 1 aromatic carbocycles. The molecule has 28 heavy (non-hydrogen) atoms. The van der Waals surface area contributed by atoms with Crippen LogP contribution in [0, 0.1) is 0 Å². The zero-order valence-corrected chi connectivity index (χ0v) is 15.8. The number of nitrogens with zero attached hydrogens (tertiary/aromatic N) is 2. The Labute approximate surface area is 160 Å². The summed E-state index contributed by atoms with van der Waals surface area (Å²) in [5.41, 5.74) is -1.18. The fourth-order valence-corrected chi connectivity index (χ4v) is 3.96. The van der Waals surface area contributed by atoms with E-state index in [1.807, 2.05) is 0 Å². The molecule has 3 rings (SSSR count). The van der Waals surface area contributed by atoms with Crippen LogP contribution in [0.15, 0.2) is 23.1 Å². The third kappa shape index (κ3) is 4.08. The van der Waals surface area contributed by atoms with E-state index in [9.17, 15) is 31.2 Å². The molecule has 2 saturated heterocycles. The van der Waals surface area contributed by atoms with Gasteiger partial charge in [0.1, 0.15) is 6.61 Å². The minimum absolute atomic E-state index is 0.0195. The van der Waals surface area contributed by atoms with Gasteiger partial charge in [-0.25, -0.2) is 13.2 Å². The van der Waals surface area contributed by atoms with Crippen LogP contribution in [0.2, 0.25) is 0 Å². The lowest BCUT2D eigenvalue weighted by molar-refractivity contribution is -0.144. The summed E-state index contributed by atoms with van der Waals surface area (Å²) in [7, 11) is -3.80. The molecule has 154 valence electrons. The molecule has 0 radical (unpaired) electrons. The van der Waals surface area contributed by atoms with Crippen molar-refractivity contribution in [3.63, 3.8) is 0 Å². The highest BCUT2D eigenvalue weighted by atomic mass is 32.2. The number of likely N-dealkylation sites (tertiary alicyclic amines) is 1. The van der Waals surface area contributed by atoms with Crippen molar-refractivity contribution in [2.24, 2.45) is 0 Å². The fraction of sp³-hybridized carbons (Fsp3) is 0.529. The first kappa shape index (κ1) is 20.4. The van der Waals surface area contributed by atoms with Gasteiger partial charge in [-0.15, -0.1) is 0 Å². The van der Waals surface area contributed by atoms with Crippen LogP contribution in [0.25, 0.3) is 0 Å². The monoisotopic (exact) mass is 420 g/mol. The Hall–Kier alpha value is -2.30. The van der Waals surface area contributed by atoms with Gasteiger partial charge in [0.15, 0.2) is 9.84 Å². The second-order valence-electron chi connectivity index (χ2n) is 6.76. The van der Waals surface area contributed by atoms with Crippen LogP contribution >= 0.6 is 0 Å². The maximum atomic E-state index is 13.5. The molecule has 0 saturated carbocycles. The van der Waals surface area contributed by atoms with Crippen LogP contribution < -0.4 is 0 Å². The van der Waals surface area contributed by atoms with Crippen molar-refractivity contribution in [1.29, 1.82) is 0 Å². The summed E-state index contributed by atoms with van der Waals surface area (Å²) in [5, 5.41) is 0. The molecule has 1 unspecified atom stereocenters. The summed E-state index contributed by atoms with van der Waals surface area (Å²) < 4.78 is 68.5. The summed E-state index contributed by atoms with van der Waals surface area (Å²) in [6.45, 7) is 1.07. The number of halogens is 3. The summed E-state index contributed by atoms with van der Waals surface area (Å²) in [5.74, 6) is -0.365. The summed E-state index contributed by atoms with van der Waals surface area (Å²) in [6.07, 6.45) is -4.10. The van der Waals surface area contributed by atoms with Crippen molar-refractivity contribution in [3.05, 3.63) is 29.3 Å². The number of amides is 2. The van der Waals surface area contributed by atoms with Crippen molar-refractivity contribution in [2.45, 2.75) is 30.0 Å². The van der Waals surface area contributed by atoms with Gasteiger partial charge in [-0.2, -0.15) is 13.2 Å². The SMILES string of the molecule is CS(=O)(=O)c1ccc(C2CCN2C(=O)CCN2CCOC2=O)c(C(F)(F)F)c1. The van der Waals surface area contributed by atoms with E-state index in [0.29, 0.717) is 25.6 Å². The molecule has 11 heteroatoms. The van der Waals surface area contributed by atoms with Crippen molar-refractivity contribution in [3.8, 4) is 0 Å². The summed E-state index contributed by atoms with van der Waals surface area (Å²) in [6, 6.07) is 2.09. The highest BCUT2D eigenvalue weighted by Crippen LogP contribution is 2.42. The van der Waals surface area contributed by atoms with Gasteiger partial charge in [0.2, 0.25) is 5.91 Å². The molecule has 0 spiro atoms. The zero-order valence-electron chi connectivity index (χ0n) is 15.0. The summed E-state index contributed by atoms with van der Waals surface area (Å²) in [4.78, 5) is 26.1. The number of benzene rings is 1. The second-order valence-corrected chi connectivity index (χ2v) is 8.78. The Bertz CT molecular complexity index is 901. The first-order valence-corrected chi connectivity index (χ1v) is 10.5. The zero-order chi connectivity index (χ0) is 20.7. The molecule has 2 amide bonds. The average Bonchev–Trinajstić information content (AvgIpc) is 2.95. The molecule has 2 aliphatic heterocycles. The van der Waals surface area contributed by atoms with Crippen LogP contribution in [0.3, 0.4) is 0 Å². The topological polar surface area (TPSA) is 84.0 Å². The minimum atomic E-state index is -4.75. The maximum Gasteiger partial charge on any atom is 0.416 e. The van der Waals surface area contributed by atoms with E-state index in [-0.39, 0.29) is 31.0 Å². The Kier molecular flexibility index (Phi) is 5.30. The van der Waals surface area contributed by atoms with E-state index < -0.39 is 38.6 Å². The predicted octanol–water partition coefficient (Wildman–Crippen LogP) is 2.22. The molecule has 7 nitrogen and oxygen atoms in total. The number of cyclic esters (lactones) is 1. The molecule has 0 bridgehead atoms. The quantitative estimate of drug-likeness (QED) is 0.730. The lowest BCUT2D eigenvalue weighted by Gasteiger charge is -2.42. The van der Waals surface area contributed by atoms with E-state index in [4.69, 9.17) is 4.74 Å². The van der Waals surface area contributed by atoms with Crippen molar-refractivity contribution in [2.75, 3.05) is 32.5 Å². The van der Waals surface area contributed by atoms with E-state index in [1.54, 1.807) is 0 Å². The number of carbonyl (C=O) groups excluding carboxylic acids is 2. The van der Waals surface area contributed by atoms with Crippen LogP contribution in [-0.2, 0) is 25.5 Å². The number of sulfone groups is 1. The minimum Gasteiger partial charge on any atom is -0.448 e. The lowest BCUT2D eigenvalue weighted by Crippen LogP contribution is -2.46. The third-order valence-electron chi connectivity index (χ3n) is 4.90. The molecule has 2 aliphatic rings. The van der Waals surface area contributed by atoms with Crippen molar-refractivity contribution < 1.29 is 35.9 Å². The molecule has 0 aliphatic carbocycles. The molecular weight excluding hydrogens is 401 g/mol. The normalized spacial score (nSPS) is 20.1. The number of carbonyl (C=O) groups is 2. The van der Waals surface area contributed by atoms with Crippen molar-refractivity contribution >= 4 is 21.8 Å². The first-order chi connectivity index (χ1) is 13.0. The van der Waals surface area contributed by atoms with Gasteiger partial charge in [0.05, 0.1) is 23.0 Å². The number of ether oxygens (including phenoxy) is 1. The number of rotatable bonds is 5. The van der Waals surface area contributed by atoms with Gasteiger partial charge in [-0.3, -0.25) is 4.79 Å². The molecule has 2 heterocycles. The molecule has 2 fully saturated rings. The van der Waals surface area contributed by atoms with Gasteiger partial charge >= 0.3 is 12.3 Å². The fourth-order valence-electron chi connectivity index (χ4n) is 3.31. The molecule has 0 N–H and O–H groups in total. The number of hydrogen-bond acceptors (Lipinski definition) is 5. The highest BCUT2D eigenvalue weighted by Gasteiger charge is 2.41. The largest absolute Gasteiger partial charge is 0.448 e.